The van der Waals surface area contributed by atoms with Crippen LogP contribution in [0.1, 0.15) is 24.2 Å². The first kappa shape index (κ1) is 22.3. The third kappa shape index (κ3) is 4.13. The van der Waals surface area contributed by atoms with Gasteiger partial charge in [-0.2, -0.15) is 13.2 Å². The van der Waals surface area contributed by atoms with Gasteiger partial charge < -0.3 is 5.11 Å². The highest BCUT2D eigenvalue weighted by atomic mass is 19.4. The zero-order valence-corrected chi connectivity index (χ0v) is 16.9. The van der Waals surface area contributed by atoms with E-state index in [-0.39, 0.29) is 29.2 Å². The van der Waals surface area contributed by atoms with Gasteiger partial charge in [0.25, 0.3) is 5.56 Å². The number of fused-ring (bicyclic) bond motifs is 1. The highest BCUT2D eigenvalue weighted by molar-refractivity contribution is 5.82. The molecule has 4 aromatic rings. The Labute approximate surface area is 183 Å². The van der Waals surface area contributed by atoms with Crippen LogP contribution in [0.2, 0.25) is 0 Å². The maximum atomic E-state index is 13.7. The van der Waals surface area contributed by atoms with Crippen LogP contribution in [0.4, 0.5) is 22.0 Å². The van der Waals surface area contributed by atoms with E-state index in [1.165, 1.54) is 31.3 Å². The lowest BCUT2D eigenvalue weighted by Crippen LogP contribution is -2.29. The quantitative estimate of drug-likeness (QED) is 0.446. The SMILES string of the molecule is C[C@@H](Cc1ccc(F)c(F)c1)n1c(-c2ncccc2O)nc2ccnc(C(F)(F)F)c2c1=O. The molecule has 1 atom stereocenters. The molecule has 6 nitrogen and oxygen atoms in total. The molecule has 0 bridgehead atoms. The molecule has 3 heterocycles. The Morgan fingerprint density at radius 2 is 1.82 bits per heavy atom. The summed E-state index contributed by atoms with van der Waals surface area (Å²) in [4.78, 5) is 24.9. The van der Waals surface area contributed by atoms with E-state index in [1.54, 1.807) is 0 Å². The van der Waals surface area contributed by atoms with Crippen LogP contribution in [-0.4, -0.2) is 24.6 Å². The molecule has 0 saturated carbocycles. The Balaban J connectivity index is 1.99. The summed E-state index contributed by atoms with van der Waals surface area (Å²) in [6.45, 7) is 1.50. The number of aromatic hydroxyl groups is 1. The molecule has 0 unspecified atom stereocenters. The second-order valence-electron chi connectivity index (χ2n) is 7.33. The number of alkyl halides is 3. The monoisotopic (exact) mass is 462 g/mol. The lowest BCUT2D eigenvalue weighted by molar-refractivity contribution is -0.139. The topological polar surface area (TPSA) is 80.9 Å². The number of hydrogen-bond acceptors (Lipinski definition) is 5. The van der Waals surface area contributed by atoms with E-state index in [1.807, 2.05) is 0 Å². The molecule has 3 aromatic heterocycles. The number of benzene rings is 1. The van der Waals surface area contributed by atoms with Gasteiger partial charge in [-0.25, -0.2) is 18.7 Å². The number of halogens is 5. The molecule has 0 amide bonds. The summed E-state index contributed by atoms with van der Waals surface area (Å²) < 4.78 is 68.6. The van der Waals surface area contributed by atoms with E-state index in [0.29, 0.717) is 5.56 Å². The molecular weight excluding hydrogens is 447 g/mol. The minimum absolute atomic E-state index is 0.0491. The average Bonchev–Trinajstić information content (AvgIpc) is 2.75. The van der Waals surface area contributed by atoms with Gasteiger partial charge in [-0.3, -0.25) is 14.3 Å². The van der Waals surface area contributed by atoms with Crippen molar-refractivity contribution >= 4 is 10.9 Å². The molecule has 33 heavy (non-hydrogen) atoms. The largest absolute Gasteiger partial charge is 0.506 e. The van der Waals surface area contributed by atoms with Gasteiger partial charge >= 0.3 is 6.18 Å². The van der Waals surface area contributed by atoms with Crippen molar-refractivity contribution in [2.75, 3.05) is 0 Å². The minimum Gasteiger partial charge on any atom is -0.506 e. The first-order valence-electron chi connectivity index (χ1n) is 9.64. The van der Waals surface area contributed by atoms with Crippen molar-refractivity contribution < 1.29 is 27.1 Å². The zero-order chi connectivity index (χ0) is 23.9. The molecule has 4 rings (SSSR count). The summed E-state index contributed by atoms with van der Waals surface area (Å²) in [6.07, 6.45) is -2.76. The lowest BCUT2D eigenvalue weighted by atomic mass is 10.1. The molecule has 11 heteroatoms. The van der Waals surface area contributed by atoms with Crippen molar-refractivity contribution in [1.29, 1.82) is 0 Å². The van der Waals surface area contributed by atoms with Crippen LogP contribution >= 0.6 is 0 Å². The standard InChI is InChI=1S/C22H15F5N4O2/c1-11(9-12-4-5-13(23)14(24)10-12)31-20(18-16(32)3-2-7-28-18)30-15-6-8-29-19(22(25,26)27)17(15)21(31)33/h2-8,10-11,32H,9H2,1H3/t11-/m0/s1. The fourth-order valence-electron chi connectivity index (χ4n) is 3.60. The smallest absolute Gasteiger partial charge is 0.434 e. The van der Waals surface area contributed by atoms with Crippen molar-refractivity contribution in [3.8, 4) is 17.3 Å². The van der Waals surface area contributed by atoms with Gasteiger partial charge in [-0.05, 0) is 49.2 Å². The van der Waals surface area contributed by atoms with Crippen LogP contribution in [0.5, 0.6) is 5.75 Å². The summed E-state index contributed by atoms with van der Waals surface area (Å²) in [7, 11) is 0. The average molecular weight is 462 g/mol. The fourth-order valence-corrected chi connectivity index (χ4v) is 3.60. The molecule has 0 radical (unpaired) electrons. The number of aromatic nitrogens is 4. The highest BCUT2D eigenvalue weighted by Crippen LogP contribution is 2.33. The fraction of sp³-hybridized carbons (Fsp3) is 0.182. The van der Waals surface area contributed by atoms with E-state index in [4.69, 9.17) is 0 Å². The Morgan fingerprint density at radius 1 is 1.06 bits per heavy atom. The van der Waals surface area contributed by atoms with Crippen LogP contribution in [-0.2, 0) is 12.6 Å². The van der Waals surface area contributed by atoms with Crippen LogP contribution < -0.4 is 5.56 Å². The first-order valence-corrected chi connectivity index (χ1v) is 9.64. The van der Waals surface area contributed by atoms with Crippen LogP contribution in [0.25, 0.3) is 22.4 Å². The van der Waals surface area contributed by atoms with Crippen LogP contribution in [0.15, 0.2) is 53.6 Å². The molecular formula is C22H15F5N4O2. The van der Waals surface area contributed by atoms with Gasteiger partial charge in [0.2, 0.25) is 0 Å². The van der Waals surface area contributed by atoms with E-state index >= 15 is 0 Å². The molecule has 1 aromatic carbocycles. The second-order valence-corrected chi connectivity index (χ2v) is 7.33. The molecule has 0 aliphatic carbocycles. The Bertz CT molecular complexity index is 1420. The Hall–Kier alpha value is -3.89. The number of nitrogens with zero attached hydrogens (tertiary/aromatic N) is 4. The zero-order valence-electron chi connectivity index (χ0n) is 16.9. The van der Waals surface area contributed by atoms with Gasteiger partial charge in [0, 0.05) is 18.4 Å². The van der Waals surface area contributed by atoms with E-state index < -0.39 is 40.5 Å². The maximum absolute atomic E-state index is 13.7. The summed E-state index contributed by atoms with van der Waals surface area (Å²) >= 11 is 0. The van der Waals surface area contributed by atoms with Gasteiger partial charge in [0.05, 0.1) is 10.9 Å². The molecule has 0 fully saturated rings. The third-order valence-electron chi connectivity index (χ3n) is 5.04. The van der Waals surface area contributed by atoms with Crippen LogP contribution in [0.3, 0.4) is 0 Å². The van der Waals surface area contributed by atoms with Crippen LogP contribution in [0, 0.1) is 11.6 Å². The highest BCUT2D eigenvalue weighted by Gasteiger charge is 2.37. The Morgan fingerprint density at radius 3 is 2.48 bits per heavy atom. The van der Waals surface area contributed by atoms with E-state index in [2.05, 4.69) is 15.0 Å². The number of hydrogen-bond donors (Lipinski definition) is 1. The molecule has 170 valence electrons. The molecule has 0 aliphatic heterocycles. The normalized spacial score (nSPS) is 12.8. The van der Waals surface area contributed by atoms with Crippen molar-refractivity contribution in [2.24, 2.45) is 0 Å². The van der Waals surface area contributed by atoms with Crippen molar-refractivity contribution in [1.82, 2.24) is 19.5 Å². The number of rotatable bonds is 4. The summed E-state index contributed by atoms with van der Waals surface area (Å²) in [5, 5.41) is 9.52. The Kier molecular flexibility index (Phi) is 5.56. The lowest BCUT2D eigenvalue weighted by Gasteiger charge is -2.21. The summed E-state index contributed by atoms with van der Waals surface area (Å²) in [6, 6.07) is 6.14. The second kappa shape index (κ2) is 8.23. The maximum Gasteiger partial charge on any atom is 0.434 e. The first-order chi connectivity index (χ1) is 15.6. The molecule has 1 N–H and O–H groups in total. The third-order valence-corrected chi connectivity index (χ3v) is 5.04. The molecule has 0 spiro atoms. The van der Waals surface area contributed by atoms with Gasteiger partial charge in [-0.15, -0.1) is 0 Å². The van der Waals surface area contributed by atoms with Crippen molar-refractivity contribution in [2.45, 2.75) is 25.6 Å². The molecule has 0 saturated heterocycles. The minimum atomic E-state index is -4.92. The van der Waals surface area contributed by atoms with Gasteiger partial charge in [-0.1, -0.05) is 6.07 Å². The number of pyridine rings is 2. The predicted octanol–water partition coefficient (Wildman–Crippen LogP) is 4.66. The van der Waals surface area contributed by atoms with E-state index in [9.17, 15) is 31.9 Å². The predicted molar refractivity (Wildman–Crippen MR) is 108 cm³/mol. The van der Waals surface area contributed by atoms with Crippen molar-refractivity contribution in [3.05, 3.63) is 82.0 Å². The van der Waals surface area contributed by atoms with Gasteiger partial charge in [0.1, 0.15) is 11.4 Å². The summed E-state index contributed by atoms with van der Waals surface area (Å²) in [5.74, 6) is -2.69. The van der Waals surface area contributed by atoms with Crippen molar-refractivity contribution in [3.63, 3.8) is 0 Å². The molecule has 0 aliphatic rings. The van der Waals surface area contributed by atoms with E-state index in [0.717, 1.165) is 29.0 Å². The summed E-state index contributed by atoms with van der Waals surface area (Å²) in [5.41, 5.74) is -2.57. The van der Waals surface area contributed by atoms with Gasteiger partial charge in [0.15, 0.2) is 23.2 Å².